The SMILES string of the molecule is C[C@@H](NC(=O)[C@H]1CC[C@H](NS(=O)(=O)c2ccc(-c3cccc(CN4CCC(F)(F)C4)c3)cc2)CC1)c1ccc(F)cc1. The molecule has 0 spiro atoms. The van der Waals surface area contributed by atoms with Crippen LogP contribution in [0.15, 0.2) is 77.7 Å². The van der Waals surface area contributed by atoms with E-state index in [-0.39, 0.29) is 47.6 Å². The number of nitrogens with zero attached hydrogens (tertiary/aromatic N) is 1. The van der Waals surface area contributed by atoms with Crippen LogP contribution in [-0.4, -0.2) is 44.3 Å². The molecule has 1 atom stereocenters. The molecule has 1 amide bonds. The Kier molecular flexibility index (Phi) is 9.05. The lowest BCUT2D eigenvalue weighted by atomic mass is 9.85. The van der Waals surface area contributed by atoms with Gasteiger partial charge < -0.3 is 5.32 Å². The van der Waals surface area contributed by atoms with Crippen molar-refractivity contribution in [3.8, 4) is 11.1 Å². The van der Waals surface area contributed by atoms with Crippen molar-refractivity contribution in [3.63, 3.8) is 0 Å². The van der Waals surface area contributed by atoms with E-state index in [9.17, 15) is 26.4 Å². The number of carbonyl (C=O) groups is 1. The van der Waals surface area contributed by atoms with Crippen LogP contribution in [0.3, 0.4) is 0 Å². The van der Waals surface area contributed by atoms with Gasteiger partial charge in [-0.2, -0.15) is 0 Å². The van der Waals surface area contributed by atoms with Gasteiger partial charge in [-0.1, -0.05) is 42.5 Å². The Morgan fingerprint density at radius 1 is 0.976 bits per heavy atom. The van der Waals surface area contributed by atoms with E-state index < -0.39 is 15.9 Å². The summed E-state index contributed by atoms with van der Waals surface area (Å²) in [7, 11) is -3.75. The molecule has 10 heteroatoms. The van der Waals surface area contributed by atoms with Gasteiger partial charge in [0.25, 0.3) is 5.92 Å². The minimum atomic E-state index is -3.75. The Hall–Kier alpha value is -3.21. The predicted molar refractivity (Wildman–Crippen MR) is 156 cm³/mol. The molecule has 0 radical (unpaired) electrons. The summed E-state index contributed by atoms with van der Waals surface area (Å²) in [6.45, 7) is 2.42. The van der Waals surface area contributed by atoms with Crippen molar-refractivity contribution in [2.24, 2.45) is 5.92 Å². The van der Waals surface area contributed by atoms with Crippen LogP contribution >= 0.6 is 0 Å². The molecule has 2 fully saturated rings. The largest absolute Gasteiger partial charge is 0.349 e. The number of amides is 1. The van der Waals surface area contributed by atoms with Gasteiger partial charge in [-0.15, -0.1) is 0 Å². The third-order valence-corrected chi connectivity index (χ3v) is 9.76. The summed E-state index contributed by atoms with van der Waals surface area (Å²) in [5, 5.41) is 2.99. The number of likely N-dealkylation sites (tertiary alicyclic amines) is 1. The van der Waals surface area contributed by atoms with Gasteiger partial charge >= 0.3 is 0 Å². The van der Waals surface area contributed by atoms with Crippen molar-refractivity contribution >= 4 is 15.9 Å². The molecule has 5 rings (SSSR count). The van der Waals surface area contributed by atoms with E-state index in [1.807, 2.05) is 31.2 Å². The second-order valence-electron chi connectivity index (χ2n) is 11.5. The Balaban J connectivity index is 1.13. The zero-order valence-corrected chi connectivity index (χ0v) is 24.3. The molecule has 0 aromatic heterocycles. The highest BCUT2D eigenvalue weighted by Crippen LogP contribution is 2.30. The van der Waals surface area contributed by atoms with E-state index in [1.165, 1.54) is 12.1 Å². The Morgan fingerprint density at radius 2 is 1.67 bits per heavy atom. The Morgan fingerprint density at radius 3 is 2.31 bits per heavy atom. The van der Waals surface area contributed by atoms with Crippen molar-refractivity contribution in [2.75, 3.05) is 13.1 Å². The average Bonchev–Trinajstić information content (AvgIpc) is 3.31. The summed E-state index contributed by atoms with van der Waals surface area (Å²) in [5.74, 6) is -3.24. The number of rotatable bonds is 9. The first-order valence-electron chi connectivity index (χ1n) is 14.4. The molecule has 224 valence electrons. The van der Waals surface area contributed by atoms with E-state index in [1.54, 1.807) is 41.3 Å². The zero-order chi connectivity index (χ0) is 29.9. The molecule has 6 nitrogen and oxygen atoms in total. The third-order valence-electron chi connectivity index (χ3n) is 8.23. The number of hydrogen-bond donors (Lipinski definition) is 2. The van der Waals surface area contributed by atoms with Gasteiger partial charge in [0.05, 0.1) is 17.5 Å². The summed E-state index contributed by atoms with van der Waals surface area (Å²) in [4.78, 5) is 14.7. The maximum absolute atomic E-state index is 13.6. The molecule has 1 aliphatic carbocycles. The average molecular weight is 600 g/mol. The topological polar surface area (TPSA) is 78.5 Å². The fourth-order valence-corrected chi connectivity index (χ4v) is 7.11. The van der Waals surface area contributed by atoms with Crippen LogP contribution in [0.2, 0.25) is 0 Å². The smallest absolute Gasteiger partial charge is 0.261 e. The molecular formula is C32H36F3N3O3S. The number of nitrogens with one attached hydrogen (secondary N) is 2. The molecule has 2 N–H and O–H groups in total. The van der Waals surface area contributed by atoms with Gasteiger partial charge in [-0.25, -0.2) is 26.3 Å². The lowest BCUT2D eigenvalue weighted by Crippen LogP contribution is -2.41. The molecule has 3 aromatic rings. The number of halogens is 3. The van der Waals surface area contributed by atoms with E-state index in [0.717, 1.165) is 22.3 Å². The highest BCUT2D eigenvalue weighted by Gasteiger charge is 2.38. The molecule has 2 aliphatic rings. The summed E-state index contributed by atoms with van der Waals surface area (Å²) in [6.07, 6.45) is 2.12. The number of sulfonamides is 1. The first-order valence-corrected chi connectivity index (χ1v) is 15.8. The molecule has 3 aromatic carbocycles. The van der Waals surface area contributed by atoms with Crippen LogP contribution in [0, 0.1) is 11.7 Å². The fourth-order valence-electron chi connectivity index (χ4n) is 5.80. The molecular weight excluding hydrogens is 563 g/mol. The minimum Gasteiger partial charge on any atom is -0.349 e. The lowest BCUT2D eigenvalue weighted by molar-refractivity contribution is -0.126. The van der Waals surface area contributed by atoms with Crippen LogP contribution < -0.4 is 10.0 Å². The standard InChI is InChI=1S/C32H36F3N3O3S/c1-22(24-5-11-28(33)12-6-24)36-31(39)26-7-13-29(14-8-26)37-42(40,41)30-15-9-25(10-16-30)27-4-2-3-23(19-27)20-38-18-17-32(34,35)21-38/h2-6,9-12,15-16,19,22,26,29,37H,7-8,13-14,17-18,20-21H2,1H3,(H,36,39)/t22-,26-,29-/m1/s1. The highest BCUT2D eigenvalue weighted by molar-refractivity contribution is 7.89. The number of benzene rings is 3. The second kappa shape index (κ2) is 12.6. The van der Waals surface area contributed by atoms with Crippen LogP contribution in [0.4, 0.5) is 13.2 Å². The van der Waals surface area contributed by atoms with E-state index in [4.69, 9.17) is 0 Å². The molecule has 1 heterocycles. The van der Waals surface area contributed by atoms with Crippen molar-refractivity contribution in [2.45, 2.75) is 68.5 Å². The van der Waals surface area contributed by atoms with Gasteiger partial charge in [0, 0.05) is 31.5 Å². The molecule has 42 heavy (non-hydrogen) atoms. The zero-order valence-electron chi connectivity index (χ0n) is 23.5. The first kappa shape index (κ1) is 30.3. The number of carbonyl (C=O) groups excluding carboxylic acids is 1. The Labute approximate surface area is 245 Å². The first-order chi connectivity index (χ1) is 20.0. The van der Waals surface area contributed by atoms with Crippen molar-refractivity contribution in [1.82, 2.24) is 14.9 Å². The van der Waals surface area contributed by atoms with Crippen molar-refractivity contribution in [3.05, 3.63) is 89.7 Å². The van der Waals surface area contributed by atoms with E-state index >= 15 is 0 Å². The molecule has 0 bridgehead atoms. The lowest BCUT2D eigenvalue weighted by Gasteiger charge is -2.29. The quantitative estimate of drug-likeness (QED) is 0.314. The monoisotopic (exact) mass is 599 g/mol. The normalized spacial score (nSPS) is 21.6. The molecule has 1 saturated carbocycles. The molecule has 1 aliphatic heterocycles. The minimum absolute atomic E-state index is 0.0776. The van der Waals surface area contributed by atoms with E-state index in [2.05, 4.69) is 10.0 Å². The summed E-state index contributed by atoms with van der Waals surface area (Å²) >= 11 is 0. The molecule has 1 saturated heterocycles. The van der Waals surface area contributed by atoms with Crippen molar-refractivity contribution in [1.29, 1.82) is 0 Å². The van der Waals surface area contributed by atoms with Crippen LogP contribution in [-0.2, 0) is 21.4 Å². The van der Waals surface area contributed by atoms with Gasteiger partial charge in [0.1, 0.15) is 5.82 Å². The maximum Gasteiger partial charge on any atom is 0.261 e. The highest BCUT2D eigenvalue weighted by atomic mass is 32.2. The van der Waals surface area contributed by atoms with Gasteiger partial charge in [-0.05, 0) is 85.2 Å². The molecule has 0 unspecified atom stereocenters. The second-order valence-corrected chi connectivity index (χ2v) is 13.2. The fraction of sp³-hybridized carbons (Fsp3) is 0.406. The Bertz CT molecular complexity index is 1490. The van der Waals surface area contributed by atoms with Crippen LogP contribution in [0.1, 0.15) is 56.2 Å². The van der Waals surface area contributed by atoms with Crippen LogP contribution in [0.25, 0.3) is 11.1 Å². The summed E-state index contributed by atoms with van der Waals surface area (Å²) < 4.78 is 69.3. The van der Waals surface area contributed by atoms with Gasteiger partial charge in [0.15, 0.2) is 0 Å². The van der Waals surface area contributed by atoms with Gasteiger partial charge in [-0.3, -0.25) is 9.69 Å². The van der Waals surface area contributed by atoms with Gasteiger partial charge in [0.2, 0.25) is 15.9 Å². The summed E-state index contributed by atoms with van der Waals surface area (Å²) in [5.41, 5.74) is 3.47. The summed E-state index contributed by atoms with van der Waals surface area (Å²) in [6, 6.07) is 19.8. The van der Waals surface area contributed by atoms with Crippen LogP contribution in [0.5, 0.6) is 0 Å². The maximum atomic E-state index is 13.6. The number of alkyl halides is 2. The van der Waals surface area contributed by atoms with Crippen molar-refractivity contribution < 1.29 is 26.4 Å². The predicted octanol–water partition coefficient (Wildman–Crippen LogP) is 6.05. The van der Waals surface area contributed by atoms with E-state index in [0.29, 0.717) is 38.8 Å². The third kappa shape index (κ3) is 7.59. The number of hydrogen-bond acceptors (Lipinski definition) is 4.